The number of hydrogen-bond acceptors (Lipinski definition) is 4. The molecule has 4 aromatic rings. The normalized spacial score (nSPS) is 11.1. The number of benzene rings is 2. The molecule has 0 saturated heterocycles. The summed E-state index contributed by atoms with van der Waals surface area (Å²) in [4.78, 5) is 8.46. The molecular weight excluding hydrogens is 324 g/mol. The van der Waals surface area contributed by atoms with Crippen LogP contribution in [0.25, 0.3) is 16.9 Å². The molecule has 0 bridgehead atoms. The number of nitrogens with zero attached hydrogens (tertiary/aromatic N) is 4. The number of halogens is 2. The van der Waals surface area contributed by atoms with E-state index in [-0.39, 0.29) is 23.8 Å². The highest BCUT2D eigenvalue weighted by Crippen LogP contribution is 2.21. The minimum absolute atomic E-state index is 0.0888. The summed E-state index contributed by atoms with van der Waals surface area (Å²) >= 11 is 0. The van der Waals surface area contributed by atoms with E-state index in [1.165, 1.54) is 22.7 Å². The van der Waals surface area contributed by atoms with Crippen molar-refractivity contribution in [3.63, 3.8) is 0 Å². The Labute approximate surface area is 141 Å². The van der Waals surface area contributed by atoms with Gasteiger partial charge in [0.05, 0.1) is 5.69 Å². The fourth-order valence-electron chi connectivity index (χ4n) is 2.64. The highest BCUT2D eigenvalue weighted by molar-refractivity contribution is 5.64. The maximum Gasteiger partial charge on any atom is 0.224 e. The Morgan fingerprint density at radius 2 is 1.64 bits per heavy atom. The van der Waals surface area contributed by atoms with Crippen LogP contribution in [-0.2, 0) is 6.42 Å². The fraction of sp³-hybridized carbons (Fsp3) is 0.0556. The molecule has 5 nitrogen and oxygen atoms in total. The molecule has 0 fully saturated rings. The van der Waals surface area contributed by atoms with Gasteiger partial charge in [0.15, 0.2) is 5.65 Å². The molecule has 124 valence electrons. The summed E-state index contributed by atoms with van der Waals surface area (Å²) in [5.41, 5.74) is 7.92. The van der Waals surface area contributed by atoms with Crippen molar-refractivity contribution >= 4 is 11.6 Å². The Balaban J connectivity index is 1.77. The molecule has 0 aliphatic heterocycles. The van der Waals surface area contributed by atoms with E-state index in [1.807, 2.05) is 30.3 Å². The molecule has 0 saturated carbocycles. The highest BCUT2D eigenvalue weighted by Gasteiger charge is 2.14. The summed E-state index contributed by atoms with van der Waals surface area (Å²) in [6, 6.07) is 15.0. The fourth-order valence-corrected chi connectivity index (χ4v) is 2.64. The van der Waals surface area contributed by atoms with Crippen LogP contribution >= 0.6 is 0 Å². The lowest BCUT2D eigenvalue weighted by Crippen LogP contribution is -2.09. The number of fused-ring (bicyclic) bond motifs is 1. The minimum atomic E-state index is -0.638. The van der Waals surface area contributed by atoms with Crippen LogP contribution in [0, 0.1) is 11.6 Å². The first kappa shape index (κ1) is 15.2. The molecule has 0 aliphatic carbocycles. The maximum absolute atomic E-state index is 13.8. The number of anilines is 1. The third-order valence-electron chi connectivity index (χ3n) is 3.86. The lowest BCUT2D eigenvalue weighted by molar-refractivity contribution is 0.559. The average molecular weight is 337 g/mol. The van der Waals surface area contributed by atoms with Crippen molar-refractivity contribution in [3.8, 4) is 11.3 Å². The molecule has 7 heteroatoms. The molecule has 4 rings (SSSR count). The molecule has 0 radical (unpaired) electrons. The van der Waals surface area contributed by atoms with E-state index in [9.17, 15) is 8.78 Å². The Hall–Kier alpha value is -3.35. The van der Waals surface area contributed by atoms with Crippen molar-refractivity contribution in [2.45, 2.75) is 6.42 Å². The van der Waals surface area contributed by atoms with Crippen molar-refractivity contribution < 1.29 is 8.78 Å². The molecule has 0 spiro atoms. The molecule has 0 aliphatic rings. The van der Waals surface area contributed by atoms with Crippen LogP contribution in [0.1, 0.15) is 11.4 Å². The van der Waals surface area contributed by atoms with E-state index in [4.69, 9.17) is 5.73 Å². The minimum Gasteiger partial charge on any atom is -0.368 e. The second-order valence-electron chi connectivity index (χ2n) is 5.54. The van der Waals surface area contributed by atoms with Gasteiger partial charge < -0.3 is 5.73 Å². The Morgan fingerprint density at radius 3 is 2.36 bits per heavy atom. The Bertz CT molecular complexity index is 1040. The first-order valence-electron chi connectivity index (χ1n) is 7.62. The zero-order chi connectivity index (χ0) is 17.4. The molecule has 0 unspecified atom stereocenters. The largest absolute Gasteiger partial charge is 0.368 e. The summed E-state index contributed by atoms with van der Waals surface area (Å²) in [7, 11) is 0. The summed E-state index contributed by atoms with van der Waals surface area (Å²) < 4.78 is 29.1. The van der Waals surface area contributed by atoms with E-state index in [1.54, 1.807) is 6.07 Å². The number of hydrogen-bond donors (Lipinski definition) is 1. The maximum atomic E-state index is 13.8. The predicted molar refractivity (Wildman–Crippen MR) is 89.8 cm³/mol. The van der Waals surface area contributed by atoms with Gasteiger partial charge in [-0.2, -0.15) is 14.6 Å². The molecule has 2 aromatic carbocycles. The van der Waals surface area contributed by atoms with Gasteiger partial charge in [-0.1, -0.05) is 36.4 Å². The SMILES string of the molecule is Nc1nc(Cc2c(F)cccc2F)nc2cc(-c3ccccc3)nn12. The quantitative estimate of drug-likeness (QED) is 0.623. The van der Waals surface area contributed by atoms with Gasteiger partial charge in [-0.15, -0.1) is 0 Å². The van der Waals surface area contributed by atoms with Crippen molar-refractivity contribution in [2.24, 2.45) is 0 Å². The summed E-state index contributed by atoms with van der Waals surface area (Å²) in [5, 5.41) is 4.38. The van der Waals surface area contributed by atoms with Crippen LogP contribution in [0.2, 0.25) is 0 Å². The average Bonchev–Trinajstić information content (AvgIpc) is 3.04. The summed E-state index contributed by atoms with van der Waals surface area (Å²) in [6.45, 7) is 0. The van der Waals surface area contributed by atoms with Crippen LogP contribution in [0.3, 0.4) is 0 Å². The van der Waals surface area contributed by atoms with Gasteiger partial charge in [-0.05, 0) is 12.1 Å². The zero-order valence-corrected chi connectivity index (χ0v) is 13.0. The van der Waals surface area contributed by atoms with Crippen LogP contribution in [-0.4, -0.2) is 19.6 Å². The van der Waals surface area contributed by atoms with Gasteiger partial charge in [-0.3, -0.25) is 0 Å². The monoisotopic (exact) mass is 337 g/mol. The number of nitrogen functional groups attached to an aromatic ring is 1. The van der Waals surface area contributed by atoms with Crippen LogP contribution in [0.15, 0.2) is 54.6 Å². The lowest BCUT2D eigenvalue weighted by atomic mass is 10.1. The van der Waals surface area contributed by atoms with Crippen LogP contribution in [0.5, 0.6) is 0 Å². The number of aromatic nitrogens is 4. The van der Waals surface area contributed by atoms with Gasteiger partial charge in [0.2, 0.25) is 5.95 Å². The standard InChI is InChI=1S/C18H13F2N5/c19-13-7-4-8-14(20)12(13)9-16-22-17-10-15(11-5-2-1-3-6-11)24-25(17)18(21)23-16/h1-8,10H,9H2,(H2,21,22,23). The molecular formula is C18H13F2N5. The summed E-state index contributed by atoms with van der Waals surface area (Å²) in [6.07, 6.45) is -0.0922. The molecule has 25 heavy (non-hydrogen) atoms. The van der Waals surface area contributed by atoms with Gasteiger partial charge in [-0.25, -0.2) is 13.8 Å². The number of rotatable bonds is 3. The zero-order valence-electron chi connectivity index (χ0n) is 13.0. The highest BCUT2D eigenvalue weighted by atomic mass is 19.1. The van der Waals surface area contributed by atoms with E-state index < -0.39 is 11.6 Å². The van der Waals surface area contributed by atoms with Crippen molar-refractivity contribution in [1.82, 2.24) is 19.6 Å². The van der Waals surface area contributed by atoms with E-state index in [2.05, 4.69) is 15.1 Å². The molecule has 2 aromatic heterocycles. The van der Waals surface area contributed by atoms with E-state index in [0.717, 1.165) is 5.56 Å². The van der Waals surface area contributed by atoms with Gasteiger partial charge in [0.25, 0.3) is 0 Å². The predicted octanol–water partition coefficient (Wildman–Crippen LogP) is 3.24. The Morgan fingerprint density at radius 1 is 0.920 bits per heavy atom. The molecule has 2 heterocycles. The first-order valence-corrected chi connectivity index (χ1v) is 7.62. The Kier molecular flexibility index (Phi) is 3.61. The van der Waals surface area contributed by atoms with Crippen molar-refractivity contribution in [3.05, 3.63) is 77.6 Å². The lowest BCUT2D eigenvalue weighted by Gasteiger charge is -2.05. The van der Waals surface area contributed by atoms with Gasteiger partial charge in [0, 0.05) is 23.6 Å². The molecule has 0 amide bonds. The number of nitrogens with two attached hydrogens (primary N) is 1. The van der Waals surface area contributed by atoms with Gasteiger partial charge in [0.1, 0.15) is 17.5 Å². The third kappa shape index (κ3) is 2.80. The van der Waals surface area contributed by atoms with Gasteiger partial charge >= 0.3 is 0 Å². The second-order valence-corrected chi connectivity index (χ2v) is 5.54. The summed E-state index contributed by atoms with van der Waals surface area (Å²) in [5.74, 6) is -0.937. The molecule has 0 atom stereocenters. The topological polar surface area (TPSA) is 69.1 Å². The second kappa shape index (κ2) is 5.94. The van der Waals surface area contributed by atoms with E-state index >= 15 is 0 Å². The van der Waals surface area contributed by atoms with Crippen LogP contribution < -0.4 is 5.73 Å². The first-order chi connectivity index (χ1) is 12.1. The molecule has 2 N–H and O–H groups in total. The third-order valence-corrected chi connectivity index (χ3v) is 3.86. The van der Waals surface area contributed by atoms with Crippen molar-refractivity contribution in [1.29, 1.82) is 0 Å². The van der Waals surface area contributed by atoms with E-state index in [0.29, 0.717) is 11.3 Å². The van der Waals surface area contributed by atoms with Crippen LogP contribution in [0.4, 0.5) is 14.7 Å². The van der Waals surface area contributed by atoms with Crippen molar-refractivity contribution in [2.75, 3.05) is 5.73 Å². The smallest absolute Gasteiger partial charge is 0.224 e.